The average Bonchev–Trinajstić information content (AvgIpc) is 3.41. The molecule has 1 amide bonds. The van der Waals surface area contributed by atoms with Crippen molar-refractivity contribution in [2.24, 2.45) is 0 Å². The normalized spacial score (nSPS) is 11.2. The monoisotopic (exact) mass is 455 g/mol. The zero-order chi connectivity index (χ0) is 23.3. The van der Waals surface area contributed by atoms with Crippen molar-refractivity contribution < 1.29 is 36.2 Å². The second-order valence-electron chi connectivity index (χ2n) is 6.71. The molecule has 11 heteroatoms. The van der Waals surface area contributed by atoms with Crippen LogP contribution in [0.15, 0.2) is 40.8 Å². The molecule has 2 heterocycles. The number of nitrogens with zero attached hydrogens (tertiary/aromatic N) is 2. The van der Waals surface area contributed by atoms with Crippen molar-refractivity contribution in [1.82, 2.24) is 15.1 Å². The van der Waals surface area contributed by atoms with Gasteiger partial charge in [0.2, 0.25) is 0 Å². The van der Waals surface area contributed by atoms with E-state index in [4.69, 9.17) is 13.9 Å². The van der Waals surface area contributed by atoms with Gasteiger partial charge in [0.05, 0.1) is 20.8 Å². The Morgan fingerprint density at radius 2 is 1.81 bits per heavy atom. The molecular formula is C21H21F4N3O4. The number of ether oxygens (including phenoxy) is 2. The Bertz CT molecular complexity index is 1070. The van der Waals surface area contributed by atoms with Crippen molar-refractivity contribution in [2.75, 3.05) is 20.8 Å². The summed E-state index contributed by atoms with van der Waals surface area (Å²) in [5.41, 5.74) is -0.492. The number of hydrogen-bond acceptors (Lipinski definition) is 5. The number of amides is 1. The highest BCUT2D eigenvalue weighted by atomic mass is 19.3. The molecule has 0 aliphatic rings. The van der Waals surface area contributed by atoms with Crippen LogP contribution in [0, 0.1) is 0 Å². The van der Waals surface area contributed by atoms with Gasteiger partial charge in [-0.25, -0.2) is 17.6 Å². The van der Waals surface area contributed by atoms with Crippen LogP contribution in [0.3, 0.4) is 0 Å². The average molecular weight is 455 g/mol. The second-order valence-corrected chi connectivity index (χ2v) is 6.71. The molecule has 0 atom stereocenters. The number of aromatic nitrogens is 2. The molecule has 0 aliphatic heterocycles. The van der Waals surface area contributed by atoms with Crippen molar-refractivity contribution in [3.8, 4) is 11.5 Å². The maximum absolute atomic E-state index is 13.1. The van der Waals surface area contributed by atoms with E-state index in [0.717, 1.165) is 10.2 Å². The zero-order valence-electron chi connectivity index (χ0n) is 17.3. The molecule has 0 saturated carbocycles. The van der Waals surface area contributed by atoms with Crippen LogP contribution < -0.4 is 14.8 Å². The maximum Gasteiger partial charge on any atom is 0.287 e. The minimum Gasteiger partial charge on any atom is -0.493 e. The largest absolute Gasteiger partial charge is 0.493 e. The lowest BCUT2D eigenvalue weighted by molar-refractivity contribution is 0.0923. The number of rotatable bonds is 10. The number of halogens is 4. The molecule has 32 heavy (non-hydrogen) atoms. The van der Waals surface area contributed by atoms with Crippen molar-refractivity contribution in [1.29, 1.82) is 0 Å². The Balaban J connectivity index is 1.59. The summed E-state index contributed by atoms with van der Waals surface area (Å²) in [6, 6.07) is 8.84. The van der Waals surface area contributed by atoms with E-state index < -0.39 is 30.1 Å². The molecule has 2 aromatic heterocycles. The first-order valence-electron chi connectivity index (χ1n) is 9.54. The number of methoxy groups -OCH3 is 2. The third kappa shape index (κ3) is 5.40. The van der Waals surface area contributed by atoms with Crippen LogP contribution in [0.5, 0.6) is 11.5 Å². The van der Waals surface area contributed by atoms with E-state index in [1.165, 1.54) is 26.4 Å². The maximum atomic E-state index is 13.1. The van der Waals surface area contributed by atoms with Gasteiger partial charge < -0.3 is 19.2 Å². The molecule has 0 unspecified atom stereocenters. The molecule has 7 nitrogen and oxygen atoms in total. The smallest absolute Gasteiger partial charge is 0.287 e. The Morgan fingerprint density at radius 1 is 1.06 bits per heavy atom. The quantitative estimate of drug-likeness (QED) is 0.459. The number of nitrogens with one attached hydrogen (secondary N) is 1. The molecule has 0 saturated heterocycles. The summed E-state index contributed by atoms with van der Waals surface area (Å²) in [4.78, 5) is 12.3. The molecule has 0 fully saturated rings. The fourth-order valence-corrected chi connectivity index (χ4v) is 3.04. The minimum absolute atomic E-state index is 0.0350. The van der Waals surface area contributed by atoms with Gasteiger partial charge in [-0.1, -0.05) is 6.07 Å². The molecule has 3 aromatic rings. The number of hydrogen-bond donors (Lipinski definition) is 1. The van der Waals surface area contributed by atoms with Gasteiger partial charge in [0.25, 0.3) is 18.8 Å². The highest BCUT2D eigenvalue weighted by Gasteiger charge is 2.22. The van der Waals surface area contributed by atoms with E-state index in [2.05, 4.69) is 10.4 Å². The van der Waals surface area contributed by atoms with E-state index in [9.17, 15) is 22.4 Å². The Morgan fingerprint density at radius 3 is 2.47 bits per heavy atom. The third-order valence-electron chi connectivity index (χ3n) is 4.62. The summed E-state index contributed by atoms with van der Waals surface area (Å²) in [5, 5.41) is 6.19. The Hall–Kier alpha value is -3.50. The predicted molar refractivity (Wildman–Crippen MR) is 106 cm³/mol. The minimum atomic E-state index is -2.98. The van der Waals surface area contributed by atoms with Crippen LogP contribution in [0.2, 0.25) is 0 Å². The van der Waals surface area contributed by atoms with Gasteiger partial charge in [0, 0.05) is 6.54 Å². The molecule has 0 radical (unpaired) electrons. The van der Waals surface area contributed by atoms with Gasteiger partial charge in [-0.3, -0.25) is 9.48 Å². The van der Waals surface area contributed by atoms with Gasteiger partial charge in [0.15, 0.2) is 17.3 Å². The lowest BCUT2D eigenvalue weighted by atomic mass is 10.1. The van der Waals surface area contributed by atoms with Crippen molar-refractivity contribution >= 4 is 5.91 Å². The molecule has 0 aliphatic carbocycles. The number of alkyl halides is 4. The van der Waals surface area contributed by atoms with Gasteiger partial charge >= 0.3 is 0 Å². The van der Waals surface area contributed by atoms with Crippen LogP contribution in [0.1, 0.15) is 46.1 Å². The van der Waals surface area contributed by atoms with E-state index in [-0.39, 0.29) is 18.1 Å². The van der Waals surface area contributed by atoms with Crippen LogP contribution in [-0.4, -0.2) is 36.5 Å². The van der Waals surface area contributed by atoms with Gasteiger partial charge in [-0.2, -0.15) is 5.10 Å². The highest BCUT2D eigenvalue weighted by molar-refractivity contribution is 5.91. The molecule has 3 rings (SSSR count). The Labute approximate surface area is 180 Å². The topological polar surface area (TPSA) is 78.5 Å². The van der Waals surface area contributed by atoms with Crippen LogP contribution >= 0.6 is 0 Å². The van der Waals surface area contributed by atoms with E-state index in [1.54, 1.807) is 12.1 Å². The lowest BCUT2D eigenvalue weighted by Gasteiger charge is -2.10. The number of carbonyl (C=O) groups is 1. The third-order valence-corrected chi connectivity index (χ3v) is 4.62. The first-order valence-corrected chi connectivity index (χ1v) is 9.54. The zero-order valence-corrected chi connectivity index (χ0v) is 17.3. The number of benzene rings is 1. The summed E-state index contributed by atoms with van der Waals surface area (Å²) in [6.45, 7) is -0.0118. The molecule has 172 valence electrons. The van der Waals surface area contributed by atoms with Gasteiger partial charge in [-0.05, 0) is 42.3 Å². The van der Waals surface area contributed by atoms with Crippen molar-refractivity contribution in [3.05, 3.63) is 64.9 Å². The predicted octanol–water partition coefficient (Wildman–Crippen LogP) is 4.39. The summed E-state index contributed by atoms with van der Waals surface area (Å²) in [6.07, 6.45) is -5.44. The summed E-state index contributed by atoms with van der Waals surface area (Å²) in [5.74, 6) is 0.757. The number of carbonyl (C=O) groups excluding carboxylic acids is 1. The molecule has 1 N–H and O–H groups in total. The molecular weight excluding hydrogens is 434 g/mol. The number of furan rings is 1. The second kappa shape index (κ2) is 10.2. The van der Waals surface area contributed by atoms with E-state index in [1.807, 2.05) is 6.07 Å². The SMILES string of the molecule is COc1ccc(CCNC(=O)c2ccc(Cn3nc(C(F)F)cc3C(F)F)o2)cc1OC. The van der Waals surface area contributed by atoms with Crippen molar-refractivity contribution in [3.63, 3.8) is 0 Å². The van der Waals surface area contributed by atoms with Gasteiger partial charge in [-0.15, -0.1) is 0 Å². The summed E-state index contributed by atoms with van der Waals surface area (Å²) < 4.78 is 68.3. The fraction of sp³-hybridized carbons (Fsp3) is 0.333. The fourth-order valence-electron chi connectivity index (χ4n) is 3.04. The van der Waals surface area contributed by atoms with Crippen molar-refractivity contribution in [2.45, 2.75) is 25.8 Å². The molecule has 0 bridgehead atoms. The summed E-state index contributed by atoms with van der Waals surface area (Å²) in [7, 11) is 3.06. The summed E-state index contributed by atoms with van der Waals surface area (Å²) >= 11 is 0. The highest BCUT2D eigenvalue weighted by Crippen LogP contribution is 2.28. The first kappa shape index (κ1) is 23.2. The van der Waals surface area contributed by atoms with Crippen LogP contribution in [0.25, 0.3) is 0 Å². The van der Waals surface area contributed by atoms with Crippen LogP contribution in [-0.2, 0) is 13.0 Å². The molecule has 1 aromatic carbocycles. The molecule has 0 spiro atoms. The van der Waals surface area contributed by atoms with Crippen LogP contribution in [0.4, 0.5) is 17.6 Å². The Kier molecular flexibility index (Phi) is 7.39. The van der Waals surface area contributed by atoms with Gasteiger partial charge in [0.1, 0.15) is 17.1 Å². The van der Waals surface area contributed by atoms with E-state index in [0.29, 0.717) is 30.5 Å². The van der Waals surface area contributed by atoms with E-state index >= 15 is 0 Å². The standard InChI is InChI=1S/C21H21F4N3O4/c1-30-16-5-3-12(9-18(16)31-2)7-8-26-21(29)17-6-4-13(32-17)11-28-15(20(24)25)10-14(27-28)19(22)23/h3-6,9-10,19-20H,7-8,11H2,1-2H3,(H,26,29). The first-order chi connectivity index (χ1) is 15.3. The lowest BCUT2D eigenvalue weighted by Crippen LogP contribution is -2.25.